The van der Waals surface area contributed by atoms with E-state index in [0.717, 1.165) is 35.6 Å². The molecule has 0 bridgehead atoms. The summed E-state index contributed by atoms with van der Waals surface area (Å²) < 4.78 is 3.95. The predicted molar refractivity (Wildman–Crippen MR) is 114 cm³/mol. The van der Waals surface area contributed by atoms with Crippen molar-refractivity contribution in [2.75, 3.05) is 0 Å². The van der Waals surface area contributed by atoms with Crippen molar-refractivity contribution in [1.82, 2.24) is 19.5 Å². The van der Waals surface area contributed by atoms with Crippen molar-refractivity contribution in [2.24, 2.45) is 5.10 Å². The van der Waals surface area contributed by atoms with Crippen molar-refractivity contribution in [1.29, 1.82) is 0 Å². The number of aryl methyl sites for hydroxylation is 2. The molecule has 1 N–H and O–H groups in total. The van der Waals surface area contributed by atoms with Gasteiger partial charge in [0.15, 0.2) is 0 Å². The second kappa shape index (κ2) is 7.31. The molecule has 0 saturated heterocycles. The number of benzene rings is 1. The zero-order chi connectivity index (χ0) is 20.7. The fraction of sp³-hybridized carbons (Fsp3) is 0.364. The summed E-state index contributed by atoms with van der Waals surface area (Å²) in [5, 5.41) is 4.66. The van der Waals surface area contributed by atoms with E-state index in [-0.39, 0.29) is 11.5 Å². The van der Waals surface area contributed by atoms with Gasteiger partial charge in [-0.1, -0.05) is 0 Å². The summed E-state index contributed by atoms with van der Waals surface area (Å²) in [6.07, 6.45) is 3.39. The van der Waals surface area contributed by atoms with Crippen LogP contribution in [0.25, 0.3) is 10.9 Å². The summed E-state index contributed by atoms with van der Waals surface area (Å²) in [5.41, 5.74) is 6.76. The van der Waals surface area contributed by atoms with Crippen LogP contribution in [0.2, 0.25) is 0 Å². The molecular weight excluding hydrogens is 366 g/mol. The lowest BCUT2D eigenvalue weighted by Crippen LogP contribution is -2.22. The number of amides is 1. The van der Waals surface area contributed by atoms with Gasteiger partial charge in [-0.2, -0.15) is 5.10 Å². The monoisotopic (exact) mass is 391 g/mol. The standard InChI is InChI=1S/C22H25N5O2/c1-13(2)27-14(3)10-17(15(27)4)12-23-25-21(28)16-7-8-18-19(11-16)24-20-6-5-9-26(20)22(18)29/h7-8,10-13H,5-6,9H2,1-4H3,(H,25,28)/b23-12-. The number of aromatic nitrogens is 3. The van der Waals surface area contributed by atoms with E-state index in [2.05, 4.69) is 46.9 Å². The minimum atomic E-state index is -0.330. The van der Waals surface area contributed by atoms with Crippen LogP contribution < -0.4 is 11.0 Å². The number of hydrogen-bond acceptors (Lipinski definition) is 4. The average molecular weight is 391 g/mol. The maximum Gasteiger partial charge on any atom is 0.271 e. The minimum Gasteiger partial charge on any atom is -0.346 e. The first-order chi connectivity index (χ1) is 13.9. The smallest absolute Gasteiger partial charge is 0.271 e. The Labute approximate surface area is 169 Å². The van der Waals surface area contributed by atoms with Gasteiger partial charge in [-0.05, 0) is 58.4 Å². The number of rotatable bonds is 4. The predicted octanol–water partition coefficient (Wildman–Crippen LogP) is 3.11. The number of carbonyl (C=O) groups excluding carboxylic acids is 1. The van der Waals surface area contributed by atoms with Crippen LogP contribution in [0.4, 0.5) is 0 Å². The SMILES string of the molecule is Cc1cc(/C=N\NC(=O)c2ccc3c(=O)n4c(nc3c2)CCC4)c(C)n1C(C)C. The molecule has 3 aromatic rings. The van der Waals surface area contributed by atoms with Gasteiger partial charge in [0.2, 0.25) is 0 Å². The number of hydrazone groups is 1. The molecule has 1 aromatic carbocycles. The van der Waals surface area contributed by atoms with Crippen LogP contribution in [0.15, 0.2) is 34.2 Å². The van der Waals surface area contributed by atoms with Crippen LogP contribution >= 0.6 is 0 Å². The normalized spacial score (nSPS) is 13.6. The molecule has 7 nitrogen and oxygen atoms in total. The molecule has 7 heteroatoms. The van der Waals surface area contributed by atoms with Crippen LogP contribution in [-0.2, 0) is 13.0 Å². The molecule has 4 rings (SSSR count). The van der Waals surface area contributed by atoms with Crippen molar-refractivity contribution in [3.8, 4) is 0 Å². The molecule has 0 spiro atoms. The molecule has 150 valence electrons. The molecule has 0 atom stereocenters. The zero-order valence-corrected chi connectivity index (χ0v) is 17.2. The first-order valence-electron chi connectivity index (χ1n) is 9.92. The highest BCUT2D eigenvalue weighted by molar-refractivity contribution is 5.98. The summed E-state index contributed by atoms with van der Waals surface area (Å²) in [6.45, 7) is 9.09. The zero-order valence-electron chi connectivity index (χ0n) is 17.2. The maximum atomic E-state index is 12.5. The van der Waals surface area contributed by atoms with E-state index in [4.69, 9.17) is 0 Å². The Hall–Kier alpha value is -3.22. The highest BCUT2D eigenvalue weighted by atomic mass is 16.2. The lowest BCUT2D eigenvalue weighted by molar-refractivity contribution is 0.0955. The fourth-order valence-corrected chi connectivity index (χ4v) is 4.18. The first-order valence-corrected chi connectivity index (χ1v) is 9.92. The summed E-state index contributed by atoms with van der Waals surface area (Å²) in [5.74, 6) is 0.460. The first kappa shape index (κ1) is 19.1. The summed E-state index contributed by atoms with van der Waals surface area (Å²) in [6, 6.07) is 7.39. The van der Waals surface area contributed by atoms with E-state index in [9.17, 15) is 9.59 Å². The van der Waals surface area contributed by atoms with E-state index in [1.807, 2.05) is 6.92 Å². The molecule has 3 heterocycles. The lowest BCUT2D eigenvalue weighted by Gasteiger charge is -2.13. The largest absolute Gasteiger partial charge is 0.346 e. The van der Waals surface area contributed by atoms with Crippen molar-refractivity contribution in [3.63, 3.8) is 0 Å². The van der Waals surface area contributed by atoms with Crippen LogP contribution in [0.3, 0.4) is 0 Å². The summed E-state index contributed by atoms with van der Waals surface area (Å²) in [4.78, 5) is 29.6. The Morgan fingerprint density at radius 3 is 2.79 bits per heavy atom. The highest BCUT2D eigenvalue weighted by Crippen LogP contribution is 2.19. The van der Waals surface area contributed by atoms with Gasteiger partial charge in [0, 0.05) is 41.5 Å². The Balaban J connectivity index is 1.55. The molecule has 0 aliphatic carbocycles. The van der Waals surface area contributed by atoms with Gasteiger partial charge in [-0.25, -0.2) is 10.4 Å². The maximum absolute atomic E-state index is 12.5. The number of nitrogens with zero attached hydrogens (tertiary/aromatic N) is 4. The van der Waals surface area contributed by atoms with Crippen molar-refractivity contribution >= 4 is 23.0 Å². The van der Waals surface area contributed by atoms with Gasteiger partial charge in [0.25, 0.3) is 11.5 Å². The highest BCUT2D eigenvalue weighted by Gasteiger charge is 2.17. The molecule has 0 saturated carbocycles. The second-order valence-electron chi connectivity index (χ2n) is 7.81. The number of fused-ring (bicyclic) bond motifs is 2. The summed E-state index contributed by atoms with van der Waals surface area (Å²) >= 11 is 0. The number of nitrogens with one attached hydrogen (secondary N) is 1. The van der Waals surface area contributed by atoms with Crippen LogP contribution in [-0.4, -0.2) is 26.2 Å². The fourth-order valence-electron chi connectivity index (χ4n) is 4.18. The summed E-state index contributed by atoms with van der Waals surface area (Å²) in [7, 11) is 0. The molecule has 1 amide bonds. The third kappa shape index (κ3) is 3.37. The Morgan fingerprint density at radius 2 is 2.07 bits per heavy atom. The van der Waals surface area contributed by atoms with Crippen molar-refractivity contribution in [3.05, 3.63) is 63.0 Å². The Kier molecular flexibility index (Phi) is 4.82. The molecule has 29 heavy (non-hydrogen) atoms. The van der Waals surface area contributed by atoms with E-state index in [0.29, 0.717) is 29.1 Å². The number of hydrogen-bond donors (Lipinski definition) is 1. The van der Waals surface area contributed by atoms with Crippen LogP contribution in [0, 0.1) is 13.8 Å². The van der Waals surface area contributed by atoms with Gasteiger partial charge < -0.3 is 4.57 Å². The van der Waals surface area contributed by atoms with Crippen molar-refractivity contribution in [2.45, 2.75) is 53.1 Å². The van der Waals surface area contributed by atoms with Gasteiger partial charge in [-0.15, -0.1) is 0 Å². The van der Waals surface area contributed by atoms with Gasteiger partial charge in [-0.3, -0.25) is 14.2 Å². The van der Waals surface area contributed by atoms with E-state index >= 15 is 0 Å². The third-order valence-electron chi connectivity index (χ3n) is 5.49. The molecular formula is C22H25N5O2. The number of carbonyl (C=O) groups is 1. The third-order valence-corrected chi connectivity index (χ3v) is 5.49. The van der Waals surface area contributed by atoms with E-state index < -0.39 is 0 Å². The van der Waals surface area contributed by atoms with Crippen LogP contribution in [0.5, 0.6) is 0 Å². The molecule has 0 unspecified atom stereocenters. The minimum absolute atomic E-state index is 0.0343. The molecule has 1 aliphatic rings. The van der Waals surface area contributed by atoms with Gasteiger partial charge in [0.1, 0.15) is 5.82 Å². The average Bonchev–Trinajstić information content (AvgIpc) is 3.25. The molecule has 0 fully saturated rings. The topological polar surface area (TPSA) is 81.3 Å². The van der Waals surface area contributed by atoms with Gasteiger partial charge >= 0.3 is 0 Å². The lowest BCUT2D eigenvalue weighted by atomic mass is 10.1. The van der Waals surface area contributed by atoms with Crippen LogP contribution in [0.1, 0.15) is 59.4 Å². The van der Waals surface area contributed by atoms with Crippen molar-refractivity contribution < 1.29 is 4.79 Å². The Morgan fingerprint density at radius 1 is 1.28 bits per heavy atom. The van der Waals surface area contributed by atoms with E-state index in [1.54, 1.807) is 29.0 Å². The molecule has 0 radical (unpaired) electrons. The quantitative estimate of drug-likeness (QED) is 0.548. The Bertz CT molecular complexity index is 1200. The van der Waals surface area contributed by atoms with Gasteiger partial charge in [0.05, 0.1) is 17.1 Å². The van der Waals surface area contributed by atoms with E-state index in [1.165, 1.54) is 0 Å². The molecule has 2 aromatic heterocycles. The molecule has 1 aliphatic heterocycles. The second-order valence-corrected chi connectivity index (χ2v) is 7.81.